The Morgan fingerprint density at radius 2 is 2.22 bits per heavy atom. The van der Waals surface area contributed by atoms with Gasteiger partial charge in [0.25, 0.3) is 5.91 Å². The monoisotopic (exact) mass is 315 g/mol. The lowest BCUT2D eigenvalue weighted by Crippen LogP contribution is -2.33. The van der Waals surface area contributed by atoms with Crippen LogP contribution in [0.5, 0.6) is 0 Å². The first-order valence-electron chi connectivity index (χ1n) is 7.46. The second kappa shape index (κ2) is 6.44. The number of nitrogens with two attached hydrogens (primary N) is 1. The van der Waals surface area contributed by atoms with Crippen molar-refractivity contribution in [1.82, 2.24) is 10.3 Å². The molecule has 1 aliphatic rings. The molecule has 1 amide bonds. The minimum Gasteiger partial charge on any atom is -0.371 e. The number of primary amides is 1. The van der Waals surface area contributed by atoms with Gasteiger partial charge in [-0.2, -0.15) is 0 Å². The van der Waals surface area contributed by atoms with Crippen LogP contribution >= 0.6 is 0 Å². The Hall–Kier alpha value is -2.31. The van der Waals surface area contributed by atoms with Gasteiger partial charge in [0.2, 0.25) is 0 Å². The van der Waals surface area contributed by atoms with Gasteiger partial charge in [-0.15, -0.1) is 0 Å². The van der Waals surface area contributed by atoms with Gasteiger partial charge in [-0.25, -0.2) is 9.37 Å². The molecule has 1 unspecified atom stereocenters. The Kier molecular flexibility index (Phi) is 4.36. The van der Waals surface area contributed by atoms with E-state index in [1.807, 2.05) is 0 Å². The molecule has 0 bridgehead atoms. The van der Waals surface area contributed by atoms with E-state index in [4.69, 9.17) is 10.5 Å². The largest absolute Gasteiger partial charge is 0.371 e. The minimum absolute atomic E-state index is 0.146. The van der Waals surface area contributed by atoms with Crippen LogP contribution in [-0.4, -0.2) is 30.6 Å². The van der Waals surface area contributed by atoms with Gasteiger partial charge < -0.3 is 15.8 Å². The molecule has 1 atom stereocenters. The molecule has 0 aliphatic carbocycles. The van der Waals surface area contributed by atoms with Crippen LogP contribution in [0.3, 0.4) is 0 Å². The van der Waals surface area contributed by atoms with Crippen LogP contribution in [0.1, 0.15) is 27.8 Å². The first kappa shape index (κ1) is 15.6. The molecule has 3 rings (SSSR count). The fourth-order valence-electron chi connectivity index (χ4n) is 2.70. The van der Waals surface area contributed by atoms with E-state index in [0.717, 1.165) is 6.54 Å². The number of carbonyl (C=O) groups is 1. The van der Waals surface area contributed by atoms with Crippen molar-refractivity contribution in [1.29, 1.82) is 0 Å². The highest BCUT2D eigenvalue weighted by molar-refractivity contribution is 5.97. The van der Waals surface area contributed by atoms with E-state index in [-0.39, 0.29) is 17.6 Å². The molecule has 1 aromatic heterocycles. The molecule has 2 aromatic rings. The van der Waals surface area contributed by atoms with E-state index in [0.29, 0.717) is 35.5 Å². The van der Waals surface area contributed by atoms with E-state index < -0.39 is 5.91 Å². The number of aromatic nitrogens is 1. The van der Waals surface area contributed by atoms with Crippen molar-refractivity contribution < 1.29 is 13.9 Å². The highest BCUT2D eigenvalue weighted by atomic mass is 19.1. The van der Waals surface area contributed by atoms with Crippen molar-refractivity contribution in [2.24, 2.45) is 5.73 Å². The maximum absolute atomic E-state index is 14.5. The van der Waals surface area contributed by atoms with Crippen molar-refractivity contribution in [3.05, 3.63) is 53.1 Å². The van der Waals surface area contributed by atoms with Gasteiger partial charge in [-0.05, 0) is 24.6 Å². The van der Waals surface area contributed by atoms with Crippen molar-refractivity contribution in [2.75, 3.05) is 19.7 Å². The van der Waals surface area contributed by atoms with Gasteiger partial charge in [0, 0.05) is 29.9 Å². The maximum Gasteiger partial charge on any atom is 0.267 e. The zero-order valence-electron chi connectivity index (χ0n) is 12.8. The average molecular weight is 315 g/mol. The molecule has 0 radical (unpaired) electrons. The topological polar surface area (TPSA) is 77.2 Å². The number of hydrogen-bond donors (Lipinski definition) is 2. The van der Waals surface area contributed by atoms with E-state index in [1.165, 1.54) is 6.07 Å². The summed E-state index contributed by atoms with van der Waals surface area (Å²) in [6.45, 7) is 3.68. The molecule has 1 saturated heterocycles. The Morgan fingerprint density at radius 3 is 2.87 bits per heavy atom. The summed E-state index contributed by atoms with van der Waals surface area (Å²) < 4.78 is 20.1. The molecule has 2 heterocycles. The standard InChI is InChI=1S/C17H18FN3O2/c1-10-2-4-12(16(21-10)17(19)22)11-3-5-13(14(18)8-11)15-9-20-6-7-23-15/h2-5,8,15,20H,6-7,9H2,1H3,(H2,19,22). The molecule has 5 nitrogen and oxygen atoms in total. The predicted octanol–water partition coefficient (Wildman–Crippen LogP) is 1.96. The first-order chi connectivity index (χ1) is 11.1. The van der Waals surface area contributed by atoms with E-state index in [9.17, 15) is 9.18 Å². The van der Waals surface area contributed by atoms with E-state index >= 15 is 0 Å². The number of carbonyl (C=O) groups excluding carboxylic acids is 1. The first-order valence-corrected chi connectivity index (χ1v) is 7.46. The van der Waals surface area contributed by atoms with Crippen molar-refractivity contribution in [3.8, 4) is 11.1 Å². The zero-order chi connectivity index (χ0) is 16.4. The van der Waals surface area contributed by atoms with Gasteiger partial charge >= 0.3 is 0 Å². The number of ether oxygens (including phenoxy) is 1. The normalized spacial score (nSPS) is 17.9. The summed E-state index contributed by atoms with van der Waals surface area (Å²) >= 11 is 0. The number of benzene rings is 1. The second-order valence-electron chi connectivity index (χ2n) is 5.51. The van der Waals surface area contributed by atoms with Gasteiger partial charge in [0.15, 0.2) is 0 Å². The summed E-state index contributed by atoms with van der Waals surface area (Å²) in [5.74, 6) is -1.000. The number of pyridine rings is 1. The Morgan fingerprint density at radius 1 is 1.39 bits per heavy atom. The number of hydrogen-bond acceptors (Lipinski definition) is 4. The van der Waals surface area contributed by atoms with Crippen molar-refractivity contribution in [2.45, 2.75) is 13.0 Å². The van der Waals surface area contributed by atoms with E-state index in [2.05, 4.69) is 10.3 Å². The lowest BCUT2D eigenvalue weighted by atomic mass is 9.99. The maximum atomic E-state index is 14.5. The summed E-state index contributed by atoms with van der Waals surface area (Å²) in [5.41, 5.74) is 7.80. The Bertz CT molecular complexity index is 743. The van der Waals surface area contributed by atoms with Crippen LogP contribution in [0.4, 0.5) is 4.39 Å². The summed E-state index contributed by atoms with van der Waals surface area (Å²) in [7, 11) is 0. The number of nitrogens with one attached hydrogen (secondary N) is 1. The number of morpholine rings is 1. The quantitative estimate of drug-likeness (QED) is 0.907. The Balaban J connectivity index is 1.99. The van der Waals surface area contributed by atoms with Crippen LogP contribution in [0, 0.1) is 12.7 Å². The van der Waals surface area contributed by atoms with Crippen LogP contribution in [0.25, 0.3) is 11.1 Å². The lowest BCUT2D eigenvalue weighted by molar-refractivity contribution is 0.0255. The molecule has 6 heteroatoms. The number of amides is 1. The van der Waals surface area contributed by atoms with Gasteiger partial charge in [-0.3, -0.25) is 4.79 Å². The fourth-order valence-corrected chi connectivity index (χ4v) is 2.70. The Labute approximate surface area is 133 Å². The number of aryl methyl sites for hydroxylation is 1. The molecule has 3 N–H and O–H groups in total. The average Bonchev–Trinajstić information content (AvgIpc) is 2.55. The van der Waals surface area contributed by atoms with Crippen molar-refractivity contribution >= 4 is 5.91 Å². The summed E-state index contributed by atoms with van der Waals surface area (Å²) in [4.78, 5) is 15.7. The number of halogens is 1. The minimum atomic E-state index is -0.631. The SMILES string of the molecule is Cc1ccc(-c2ccc(C3CNCCO3)c(F)c2)c(C(N)=O)n1. The molecule has 1 fully saturated rings. The third-order valence-corrected chi connectivity index (χ3v) is 3.85. The van der Waals surface area contributed by atoms with Gasteiger partial charge in [0.05, 0.1) is 12.7 Å². The van der Waals surface area contributed by atoms with Crippen molar-refractivity contribution in [3.63, 3.8) is 0 Å². The van der Waals surface area contributed by atoms with E-state index in [1.54, 1.807) is 31.2 Å². The molecular weight excluding hydrogens is 297 g/mol. The molecule has 23 heavy (non-hydrogen) atoms. The highest BCUT2D eigenvalue weighted by Crippen LogP contribution is 2.28. The summed E-state index contributed by atoms with van der Waals surface area (Å²) in [6, 6.07) is 8.34. The molecule has 120 valence electrons. The van der Waals surface area contributed by atoms with Gasteiger partial charge in [0.1, 0.15) is 11.5 Å². The third kappa shape index (κ3) is 3.23. The predicted molar refractivity (Wildman–Crippen MR) is 84.4 cm³/mol. The number of nitrogens with zero attached hydrogens (tertiary/aromatic N) is 1. The smallest absolute Gasteiger partial charge is 0.267 e. The summed E-state index contributed by atoms with van der Waals surface area (Å²) in [5, 5.41) is 3.17. The van der Waals surface area contributed by atoms with Crippen LogP contribution in [-0.2, 0) is 4.74 Å². The number of rotatable bonds is 3. The van der Waals surface area contributed by atoms with Gasteiger partial charge in [-0.1, -0.05) is 18.2 Å². The molecule has 1 aliphatic heterocycles. The molecule has 0 spiro atoms. The molecule has 0 saturated carbocycles. The molecular formula is C17H18FN3O2. The zero-order valence-corrected chi connectivity index (χ0v) is 12.8. The second-order valence-corrected chi connectivity index (χ2v) is 5.51. The van der Waals surface area contributed by atoms with Crippen LogP contribution < -0.4 is 11.1 Å². The lowest BCUT2D eigenvalue weighted by Gasteiger charge is -2.24. The third-order valence-electron chi connectivity index (χ3n) is 3.85. The summed E-state index contributed by atoms with van der Waals surface area (Å²) in [6.07, 6.45) is -0.301. The van der Waals surface area contributed by atoms with Crippen LogP contribution in [0.15, 0.2) is 30.3 Å². The highest BCUT2D eigenvalue weighted by Gasteiger charge is 2.20. The molecule has 1 aromatic carbocycles. The fraction of sp³-hybridized carbons (Fsp3) is 0.294. The van der Waals surface area contributed by atoms with Crippen LogP contribution in [0.2, 0.25) is 0 Å².